The molecular formula is C32H37N3O4. The van der Waals surface area contributed by atoms with Gasteiger partial charge in [-0.15, -0.1) is 0 Å². The number of ether oxygens (including phenoxy) is 2. The molecule has 7 heteroatoms. The average Bonchev–Trinajstić information content (AvgIpc) is 3.48. The van der Waals surface area contributed by atoms with Gasteiger partial charge in [-0.2, -0.15) is 0 Å². The van der Waals surface area contributed by atoms with Gasteiger partial charge in [0.05, 0.1) is 11.7 Å². The van der Waals surface area contributed by atoms with Crippen molar-refractivity contribution in [3.05, 3.63) is 76.9 Å². The summed E-state index contributed by atoms with van der Waals surface area (Å²) in [5.74, 6) is 1.60. The van der Waals surface area contributed by atoms with Crippen LogP contribution in [-0.2, 0) is 4.74 Å². The van der Waals surface area contributed by atoms with Crippen LogP contribution in [0.1, 0.15) is 42.0 Å². The maximum Gasteiger partial charge on any atom is 0.168 e. The van der Waals surface area contributed by atoms with Gasteiger partial charge in [0, 0.05) is 24.3 Å². The normalized spacial score (nSPS) is 13.5. The highest BCUT2D eigenvalue weighted by molar-refractivity contribution is 5.73. The lowest BCUT2D eigenvalue weighted by atomic mass is 10.0. The zero-order valence-corrected chi connectivity index (χ0v) is 23.4. The van der Waals surface area contributed by atoms with Gasteiger partial charge in [-0.25, -0.2) is 15.0 Å². The highest BCUT2D eigenvalue weighted by Gasteiger charge is 2.19. The van der Waals surface area contributed by atoms with Crippen LogP contribution in [-0.4, -0.2) is 51.1 Å². The first kappa shape index (κ1) is 28.2. The van der Waals surface area contributed by atoms with Gasteiger partial charge in [-0.3, -0.25) is 0 Å². The Morgan fingerprint density at radius 1 is 0.769 bits per heavy atom. The molecule has 0 saturated carbocycles. The zero-order valence-electron chi connectivity index (χ0n) is 23.4. The van der Waals surface area contributed by atoms with Crippen LogP contribution in [0.5, 0.6) is 11.5 Å². The van der Waals surface area contributed by atoms with Crippen LogP contribution in [0.15, 0.2) is 54.6 Å². The van der Waals surface area contributed by atoms with E-state index in [0.29, 0.717) is 23.0 Å². The summed E-state index contributed by atoms with van der Waals surface area (Å²) in [6.07, 6.45) is 1.90. The first-order valence-electron chi connectivity index (χ1n) is 13.3. The molecule has 0 aliphatic carbocycles. The number of aromatic nitrogens is 3. The number of phenols is 1. The van der Waals surface area contributed by atoms with E-state index in [2.05, 4.69) is 12.1 Å². The number of aliphatic hydroxyl groups is 1. The second-order valence-corrected chi connectivity index (χ2v) is 10.1. The molecule has 1 atom stereocenters. The Morgan fingerprint density at radius 2 is 1.28 bits per heavy atom. The Labute approximate surface area is 230 Å². The lowest BCUT2D eigenvalue weighted by Crippen LogP contribution is -2.12. The van der Waals surface area contributed by atoms with Crippen LogP contribution in [0.2, 0.25) is 0 Å². The molecule has 1 aliphatic heterocycles. The number of benzene rings is 3. The summed E-state index contributed by atoms with van der Waals surface area (Å²) in [6, 6.07) is 17.4. The molecule has 7 nitrogen and oxygen atoms in total. The third-order valence-corrected chi connectivity index (χ3v) is 6.43. The molecule has 39 heavy (non-hydrogen) atoms. The van der Waals surface area contributed by atoms with Gasteiger partial charge in [0.2, 0.25) is 0 Å². The number of para-hydroxylation sites is 1. The summed E-state index contributed by atoms with van der Waals surface area (Å²) in [4.78, 5) is 14.3. The molecule has 204 valence electrons. The molecule has 1 fully saturated rings. The molecule has 4 aromatic rings. The second kappa shape index (κ2) is 12.8. The predicted octanol–water partition coefficient (Wildman–Crippen LogP) is 6.37. The van der Waals surface area contributed by atoms with E-state index in [-0.39, 0.29) is 18.1 Å². The van der Waals surface area contributed by atoms with E-state index < -0.39 is 6.10 Å². The minimum absolute atomic E-state index is 0.0653. The predicted molar refractivity (Wildman–Crippen MR) is 154 cm³/mol. The zero-order chi connectivity index (χ0) is 27.9. The average molecular weight is 528 g/mol. The van der Waals surface area contributed by atoms with Gasteiger partial charge in [0.1, 0.15) is 6.61 Å². The third-order valence-electron chi connectivity index (χ3n) is 6.43. The largest absolute Gasteiger partial charge is 0.504 e. The number of rotatable bonds is 6. The number of nitrogens with zero attached hydrogens (tertiary/aromatic N) is 3. The lowest BCUT2D eigenvalue weighted by molar-refractivity contribution is 0.121. The van der Waals surface area contributed by atoms with Crippen molar-refractivity contribution >= 4 is 0 Å². The Hall–Kier alpha value is -3.81. The molecule has 1 unspecified atom stereocenters. The summed E-state index contributed by atoms with van der Waals surface area (Å²) >= 11 is 0. The summed E-state index contributed by atoms with van der Waals surface area (Å²) in [6.45, 7) is 11.9. The topological polar surface area (TPSA) is 97.6 Å². The van der Waals surface area contributed by atoms with Crippen LogP contribution >= 0.6 is 0 Å². The van der Waals surface area contributed by atoms with E-state index >= 15 is 0 Å². The summed E-state index contributed by atoms with van der Waals surface area (Å²) in [7, 11) is 0. The van der Waals surface area contributed by atoms with Crippen LogP contribution in [0.4, 0.5) is 0 Å². The molecule has 0 radical (unpaired) electrons. The molecule has 3 aromatic carbocycles. The van der Waals surface area contributed by atoms with Crippen molar-refractivity contribution in [3.63, 3.8) is 0 Å². The van der Waals surface area contributed by atoms with Crippen molar-refractivity contribution in [3.8, 4) is 45.7 Å². The van der Waals surface area contributed by atoms with E-state index in [1.165, 1.54) is 12.8 Å². The first-order valence-corrected chi connectivity index (χ1v) is 13.3. The van der Waals surface area contributed by atoms with Crippen molar-refractivity contribution in [2.45, 2.75) is 53.6 Å². The fourth-order valence-corrected chi connectivity index (χ4v) is 4.41. The second-order valence-electron chi connectivity index (χ2n) is 10.1. The Kier molecular flexibility index (Phi) is 9.28. The molecule has 5 rings (SSSR count). The molecule has 2 heterocycles. The fourth-order valence-electron chi connectivity index (χ4n) is 4.41. The smallest absolute Gasteiger partial charge is 0.168 e. The molecule has 0 spiro atoms. The Balaban J connectivity index is 0.000000634. The molecule has 1 aromatic heterocycles. The fraction of sp³-hybridized carbons (Fsp3) is 0.344. The number of aromatic hydroxyl groups is 1. The van der Waals surface area contributed by atoms with E-state index in [1.54, 1.807) is 25.1 Å². The van der Waals surface area contributed by atoms with Gasteiger partial charge in [-0.1, -0.05) is 53.6 Å². The minimum atomic E-state index is -0.660. The summed E-state index contributed by atoms with van der Waals surface area (Å²) in [5, 5.41) is 20.5. The minimum Gasteiger partial charge on any atom is -0.504 e. The van der Waals surface area contributed by atoms with Gasteiger partial charge in [0.15, 0.2) is 29.0 Å². The van der Waals surface area contributed by atoms with E-state index in [9.17, 15) is 10.2 Å². The number of hydrogen-bond acceptors (Lipinski definition) is 7. The lowest BCUT2D eigenvalue weighted by Gasteiger charge is -2.14. The maximum absolute atomic E-state index is 11.0. The van der Waals surface area contributed by atoms with E-state index in [1.807, 2.05) is 52.0 Å². The van der Waals surface area contributed by atoms with E-state index in [0.717, 1.165) is 46.6 Å². The number of phenolic OH excluding ortho intramolecular Hbond substituents is 1. The van der Waals surface area contributed by atoms with Crippen molar-refractivity contribution < 1.29 is 19.7 Å². The molecule has 2 N–H and O–H groups in total. The summed E-state index contributed by atoms with van der Waals surface area (Å²) in [5.41, 5.74) is 6.67. The van der Waals surface area contributed by atoms with E-state index in [4.69, 9.17) is 24.4 Å². The van der Waals surface area contributed by atoms with Crippen molar-refractivity contribution in [2.75, 3.05) is 19.8 Å². The number of aryl methyl sites for hydroxylation is 4. The Bertz CT molecular complexity index is 1350. The van der Waals surface area contributed by atoms with Crippen molar-refractivity contribution in [1.82, 2.24) is 15.0 Å². The molecule has 0 bridgehead atoms. The quantitative estimate of drug-likeness (QED) is 0.301. The Morgan fingerprint density at radius 3 is 1.72 bits per heavy atom. The van der Waals surface area contributed by atoms with Gasteiger partial charge >= 0.3 is 0 Å². The van der Waals surface area contributed by atoms with Crippen molar-refractivity contribution in [1.29, 1.82) is 0 Å². The van der Waals surface area contributed by atoms with Gasteiger partial charge in [-0.05, 0) is 70.7 Å². The highest BCUT2D eigenvalue weighted by atomic mass is 16.5. The van der Waals surface area contributed by atoms with Crippen LogP contribution in [0.25, 0.3) is 34.2 Å². The van der Waals surface area contributed by atoms with Crippen LogP contribution < -0.4 is 4.74 Å². The summed E-state index contributed by atoms with van der Waals surface area (Å²) < 4.78 is 10.5. The SMILES string of the molecule is C1CCOC1.Cc1ccc(-c2nc(-c3ccc(C)cc3C)nc(-c3cccc(OCC(C)O)c3O)n2)c(C)c1. The third kappa shape index (κ3) is 7.19. The maximum atomic E-state index is 11.0. The molecule has 1 saturated heterocycles. The monoisotopic (exact) mass is 527 g/mol. The standard InChI is InChI=1S/C28H29N3O3.C4H8O/c1-16-9-11-21(18(3)13-16)26-29-27(22-12-10-17(2)14-19(22)4)31-28(30-26)23-7-6-8-24(25(23)33)34-15-20(5)32;1-2-4-5-3-1/h6-14,20,32-33H,15H2,1-5H3;1-4H2. The first-order chi connectivity index (χ1) is 18.7. The highest BCUT2D eigenvalue weighted by Crippen LogP contribution is 2.37. The molecule has 0 amide bonds. The number of aliphatic hydroxyl groups excluding tert-OH is 1. The molecular weight excluding hydrogens is 490 g/mol. The van der Waals surface area contributed by atoms with Crippen LogP contribution in [0.3, 0.4) is 0 Å². The van der Waals surface area contributed by atoms with Gasteiger partial charge in [0.25, 0.3) is 0 Å². The number of hydrogen-bond donors (Lipinski definition) is 2. The molecule has 1 aliphatic rings. The van der Waals surface area contributed by atoms with Crippen LogP contribution in [0, 0.1) is 27.7 Å². The van der Waals surface area contributed by atoms with Crippen molar-refractivity contribution in [2.24, 2.45) is 0 Å². The van der Waals surface area contributed by atoms with Gasteiger partial charge < -0.3 is 19.7 Å².